The quantitative estimate of drug-likeness (QED) is 0.779. The number of hydrogen-bond acceptors (Lipinski definition) is 7. The zero-order valence-electron chi connectivity index (χ0n) is 10.9. The minimum Gasteiger partial charge on any atom is -0.467 e. The Hall–Kier alpha value is -1.63. The lowest BCUT2D eigenvalue weighted by Gasteiger charge is -2.34. The lowest BCUT2D eigenvalue weighted by atomic mass is 9.89. The summed E-state index contributed by atoms with van der Waals surface area (Å²) in [5.74, 6) is 1.06. The second-order valence-corrected chi connectivity index (χ2v) is 4.17. The molecule has 7 heteroatoms. The van der Waals surface area contributed by atoms with Gasteiger partial charge in [-0.3, -0.25) is 0 Å². The number of anilines is 2. The van der Waals surface area contributed by atoms with Crippen LogP contribution in [0.3, 0.4) is 0 Å². The SMILES string of the molecule is CCNc1nc(NC2CC(OC)C2)nc(OC)n1. The molecule has 0 unspecified atom stereocenters. The van der Waals surface area contributed by atoms with E-state index in [1.807, 2.05) is 6.92 Å². The van der Waals surface area contributed by atoms with Gasteiger partial charge in [0, 0.05) is 19.7 Å². The van der Waals surface area contributed by atoms with Gasteiger partial charge < -0.3 is 20.1 Å². The molecule has 1 fully saturated rings. The van der Waals surface area contributed by atoms with Gasteiger partial charge in [-0.25, -0.2) is 0 Å². The summed E-state index contributed by atoms with van der Waals surface area (Å²) in [6.45, 7) is 2.74. The van der Waals surface area contributed by atoms with Gasteiger partial charge in [0.05, 0.1) is 13.2 Å². The Balaban J connectivity index is 2.00. The highest BCUT2D eigenvalue weighted by molar-refractivity contribution is 5.37. The highest BCUT2D eigenvalue weighted by Crippen LogP contribution is 2.25. The average molecular weight is 253 g/mol. The Bertz CT molecular complexity index is 395. The number of hydrogen-bond donors (Lipinski definition) is 2. The largest absolute Gasteiger partial charge is 0.467 e. The van der Waals surface area contributed by atoms with Gasteiger partial charge >= 0.3 is 6.01 Å². The van der Waals surface area contributed by atoms with Gasteiger partial charge in [0.25, 0.3) is 0 Å². The van der Waals surface area contributed by atoms with E-state index in [0.717, 1.165) is 19.4 Å². The summed E-state index contributed by atoms with van der Waals surface area (Å²) in [5, 5.41) is 6.30. The third-order valence-electron chi connectivity index (χ3n) is 2.89. The Kier molecular flexibility index (Phi) is 4.14. The fourth-order valence-electron chi connectivity index (χ4n) is 1.81. The van der Waals surface area contributed by atoms with Gasteiger partial charge in [-0.05, 0) is 19.8 Å². The van der Waals surface area contributed by atoms with Crippen LogP contribution in [-0.4, -0.2) is 47.9 Å². The van der Waals surface area contributed by atoms with Crippen LogP contribution in [0.4, 0.5) is 11.9 Å². The van der Waals surface area contributed by atoms with Crippen molar-refractivity contribution >= 4 is 11.9 Å². The number of nitrogens with zero attached hydrogens (tertiary/aromatic N) is 3. The predicted octanol–water partition coefficient (Wildman–Crippen LogP) is 0.901. The molecule has 2 rings (SSSR count). The monoisotopic (exact) mass is 253 g/mol. The highest BCUT2D eigenvalue weighted by Gasteiger charge is 2.29. The Morgan fingerprint density at radius 3 is 2.50 bits per heavy atom. The molecule has 0 radical (unpaired) electrons. The van der Waals surface area contributed by atoms with E-state index in [0.29, 0.717) is 30.1 Å². The van der Waals surface area contributed by atoms with Crippen LogP contribution in [0.2, 0.25) is 0 Å². The number of methoxy groups -OCH3 is 2. The van der Waals surface area contributed by atoms with Crippen LogP contribution in [0.15, 0.2) is 0 Å². The molecule has 1 saturated carbocycles. The van der Waals surface area contributed by atoms with Gasteiger partial charge in [0.2, 0.25) is 11.9 Å². The molecule has 1 aliphatic carbocycles. The minimum absolute atomic E-state index is 0.311. The zero-order chi connectivity index (χ0) is 13.0. The van der Waals surface area contributed by atoms with E-state index in [9.17, 15) is 0 Å². The Morgan fingerprint density at radius 1 is 1.17 bits per heavy atom. The molecule has 1 aliphatic rings. The summed E-state index contributed by atoms with van der Waals surface area (Å²) in [7, 11) is 3.27. The van der Waals surface area contributed by atoms with E-state index < -0.39 is 0 Å². The third kappa shape index (κ3) is 2.98. The maximum Gasteiger partial charge on any atom is 0.322 e. The van der Waals surface area contributed by atoms with Crippen LogP contribution in [0.5, 0.6) is 6.01 Å². The summed E-state index contributed by atoms with van der Waals surface area (Å²) in [4.78, 5) is 12.6. The van der Waals surface area contributed by atoms with Crippen molar-refractivity contribution in [3.63, 3.8) is 0 Å². The van der Waals surface area contributed by atoms with E-state index in [2.05, 4.69) is 25.6 Å². The fourth-order valence-corrected chi connectivity index (χ4v) is 1.81. The summed E-state index contributed by atoms with van der Waals surface area (Å²) >= 11 is 0. The van der Waals surface area contributed by atoms with Gasteiger partial charge in [-0.2, -0.15) is 15.0 Å². The van der Waals surface area contributed by atoms with Crippen LogP contribution < -0.4 is 15.4 Å². The van der Waals surface area contributed by atoms with Crippen molar-refractivity contribution in [2.45, 2.75) is 31.9 Å². The van der Waals surface area contributed by atoms with E-state index in [1.54, 1.807) is 14.2 Å². The fraction of sp³-hybridized carbons (Fsp3) is 0.727. The normalized spacial score (nSPS) is 22.2. The van der Waals surface area contributed by atoms with Crippen LogP contribution in [-0.2, 0) is 4.74 Å². The molecule has 1 aromatic heterocycles. The van der Waals surface area contributed by atoms with Crippen molar-refractivity contribution in [1.82, 2.24) is 15.0 Å². The lowest BCUT2D eigenvalue weighted by molar-refractivity contribution is 0.0327. The first-order valence-electron chi connectivity index (χ1n) is 6.08. The zero-order valence-corrected chi connectivity index (χ0v) is 10.9. The van der Waals surface area contributed by atoms with E-state index in [1.165, 1.54) is 0 Å². The predicted molar refractivity (Wildman–Crippen MR) is 68.0 cm³/mol. The second-order valence-electron chi connectivity index (χ2n) is 4.17. The van der Waals surface area contributed by atoms with Gasteiger partial charge in [-0.1, -0.05) is 0 Å². The molecule has 7 nitrogen and oxygen atoms in total. The molecule has 0 aliphatic heterocycles. The van der Waals surface area contributed by atoms with Crippen LogP contribution in [0.1, 0.15) is 19.8 Å². The second kappa shape index (κ2) is 5.81. The molecular weight excluding hydrogens is 234 g/mol. The first kappa shape index (κ1) is 12.8. The molecule has 1 heterocycles. The van der Waals surface area contributed by atoms with Crippen molar-refractivity contribution in [2.75, 3.05) is 31.4 Å². The molecule has 0 atom stereocenters. The number of ether oxygens (including phenoxy) is 2. The molecule has 18 heavy (non-hydrogen) atoms. The summed E-state index contributed by atoms with van der Waals surface area (Å²) in [5.41, 5.74) is 0. The summed E-state index contributed by atoms with van der Waals surface area (Å²) in [6, 6.07) is 0.669. The Labute approximate surface area is 106 Å². The van der Waals surface area contributed by atoms with Crippen LogP contribution >= 0.6 is 0 Å². The maximum atomic E-state index is 5.23. The summed E-state index contributed by atoms with van der Waals surface area (Å²) in [6.07, 6.45) is 2.29. The van der Waals surface area contributed by atoms with E-state index >= 15 is 0 Å². The van der Waals surface area contributed by atoms with Gasteiger partial charge in [-0.15, -0.1) is 0 Å². The molecule has 0 bridgehead atoms. The average Bonchev–Trinajstić information content (AvgIpc) is 2.33. The van der Waals surface area contributed by atoms with Crippen molar-refractivity contribution in [3.8, 4) is 6.01 Å². The standard InChI is InChI=1S/C11H19N5O2/c1-4-12-9-14-10(16-11(15-9)18-3)13-7-5-8(6-7)17-2/h7-8H,4-6H2,1-3H3,(H2,12,13,14,15,16). The molecule has 2 N–H and O–H groups in total. The van der Waals surface area contributed by atoms with Crippen molar-refractivity contribution in [2.24, 2.45) is 0 Å². The molecule has 0 amide bonds. The number of rotatable bonds is 6. The number of aromatic nitrogens is 3. The first-order chi connectivity index (χ1) is 8.75. The Morgan fingerprint density at radius 2 is 1.89 bits per heavy atom. The number of nitrogens with one attached hydrogen (secondary N) is 2. The molecule has 0 spiro atoms. The molecule has 0 saturated heterocycles. The van der Waals surface area contributed by atoms with Gasteiger partial charge in [0.15, 0.2) is 0 Å². The van der Waals surface area contributed by atoms with Crippen LogP contribution in [0.25, 0.3) is 0 Å². The first-order valence-corrected chi connectivity index (χ1v) is 6.08. The summed E-state index contributed by atoms with van der Waals surface area (Å²) < 4.78 is 10.3. The third-order valence-corrected chi connectivity index (χ3v) is 2.89. The topological polar surface area (TPSA) is 81.2 Å². The maximum absolute atomic E-state index is 5.23. The molecule has 0 aromatic carbocycles. The smallest absolute Gasteiger partial charge is 0.322 e. The minimum atomic E-state index is 0.311. The van der Waals surface area contributed by atoms with Crippen molar-refractivity contribution < 1.29 is 9.47 Å². The molecular formula is C11H19N5O2. The van der Waals surface area contributed by atoms with Gasteiger partial charge in [0.1, 0.15) is 0 Å². The van der Waals surface area contributed by atoms with E-state index in [-0.39, 0.29) is 0 Å². The van der Waals surface area contributed by atoms with Crippen molar-refractivity contribution in [1.29, 1.82) is 0 Å². The van der Waals surface area contributed by atoms with E-state index in [4.69, 9.17) is 9.47 Å². The van der Waals surface area contributed by atoms with Crippen LogP contribution in [0, 0.1) is 0 Å². The highest BCUT2D eigenvalue weighted by atomic mass is 16.5. The molecule has 100 valence electrons. The lowest BCUT2D eigenvalue weighted by Crippen LogP contribution is -2.40. The van der Waals surface area contributed by atoms with Crippen molar-refractivity contribution in [3.05, 3.63) is 0 Å². The molecule has 1 aromatic rings.